The maximum atomic E-state index is 4.83. The van der Waals surface area contributed by atoms with E-state index in [1.54, 1.807) is 0 Å². The molecule has 1 rings (SSSR count). The van der Waals surface area contributed by atoms with Gasteiger partial charge in [-0.15, -0.1) is 0 Å². The van der Waals surface area contributed by atoms with E-state index >= 15 is 0 Å². The van der Waals surface area contributed by atoms with Crippen molar-refractivity contribution in [2.45, 2.75) is 0 Å². The monoisotopic (exact) mass is 122 g/mol. The Hall–Kier alpha value is 0.440. The van der Waals surface area contributed by atoms with Gasteiger partial charge < -0.3 is 0 Å². The largest absolute Gasteiger partial charge is 0.293 e. The highest BCUT2D eigenvalue weighted by molar-refractivity contribution is 8.04. The van der Waals surface area contributed by atoms with Crippen LogP contribution in [0.2, 0.25) is 0 Å². The summed E-state index contributed by atoms with van der Waals surface area (Å²) in [5, 5.41) is 2.70. The van der Waals surface area contributed by atoms with Crippen molar-refractivity contribution in [3.05, 3.63) is 0 Å². The van der Waals surface area contributed by atoms with E-state index in [1.807, 2.05) is 0 Å². The number of nitrogens with one attached hydrogen (secondary N) is 1. The molecule has 1 atom stereocenters. The Bertz CT molecular complexity index is 67.9. The van der Waals surface area contributed by atoms with Gasteiger partial charge in [-0.2, -0.15) is 5.25 Å². The number of rotatable bonds is 0. The molecule has 0 aromatic heterocycles. The third-order valence-electron chi connectivity index (χ3n) is 0.563. The molecule has 0 saturated carbocycles. The van der Waals surface area contributed by atoms with Crippen LogP contribution in [-0.4, -0.2) is 12.8 Å². The van der Waals surface area contributed by atoms with Crippen LogP contribution in [0.5, 0.6) is 0 Å². The minimum atomic E-state index is -0.354. The number of hydrogen-bond acceptors (Lipinski definition) is 2. The summed E-state index contributed by atoms with van der Waals surface area (Å²) < 4.78 is 0. The molecule has 0 aromatic carbocycles. The second-order valence-electron chi connectivity index (χ2n) is 1.04. The minimum absolute atomic E-state index is 0.354. The van der Waals surface area contributed by atoms with E-state index in [0.717, 1.165) is 12.8 Å². The fourth-order valence-electron chi connectivity index (χ4n) is 0.292. The first-order valence-corrected chi connectivity index (χ1v) is 4.26. The van der Waals surface area contributed by atoms with Crippen molar-refractivity contribution in [3.8, 4) is 0 Å². The summed E-state index contributed by atoms with van der Waals surface area (Å²) in [5.74, 6) is 0. The first-order valence-electron chi connectivity index (χ1n) is 1.72. The van der Waals surface area contributed by atoms with Crippen LogP contribution in [0.15, 0.2) is 0 Å². The van der Waals surface area contributed by atoms with Gasteiger partial charge in [-0.25, -0.2) is 0 Å². The van der Waals surface area contributed by atoms with E-state index in [2.05, 4.69) is 5.25 Å². The van der Waals surface area contributed by atoms with E-state index in [1.165, 1.54) is 0 Å². The lowest BCUT2D eigenvalue weighted by Gasteiger charge is -1.82. The van der Waals surface area contributed by atoms with E-state index in [0.29, 0.717) is 0 Å². The molecule has 1 saturated heterocycles. The molecule has 0 amide bonds. The van der Waals surface area contributed by atoms with Gasteiger partial charge in [0.05, 0.1) is 6.61 Å². The van der Waals surface area contributed by atoms with Crippen LogP contribution >= 0.6 is 6.85 Å². The van der Waals surface area contributed by atoms with Gasteiger partial charge in [0.15, 0.2) is 0 Å². The fourth-order valence-corrected chi connectivity index (χ4v) is 1.26. The highest BCUT2D eigenvalue weighted by Gasteiger charge is 2.01. The van der Waals surface area contributed by atoms with E-state index in [-0.39, 0.29) is 6.85 Å². The zero-order valence-corrected chi connectivity index (χ0v) is 4.89. The fraction of sp³-hybridized carbons (Fsp3) is 1.00. The van der Waals surface area contributed by atoms with Crippen molar-refractivity contribution in [1.29, 1.82) is 0 Å². The van der Waals surface area contributed by atoms with Crippen molar-refractivity contribution in [2.75, 3.05) is 12.8 Å². The average molecular weight is 122 g/mol. The quantitative estimate of drug-likeness (QED) is 0.469. The lowest BCUT2D eigenvalue weighted by atomic mass is 10.9. The molecular weight excluding hydrogens is 117 g/mol. The van der Waals surface area contributed by atoms with Gasteiger partial charge in [0.1, 0.15) is 0 Å². The Morgan fingerprint density at radius 2 is 2.67 bits per heavy atom. The molecule has 0 aliphatic carbocycles. The molecule has 1 N–H and O–H groups in total. The lowest BCUT2D eigenvalue weighted by Crippen LogP contribution is -1.91. The minimum Gasteiger partial charge on any atom is -0.293 e. The zero-order chi connectivity index (χ0) is 4.41. The van der Waals surface area contributed by atoms with Gasteiger partial charge >= 0.3 is 0 Å². The van der Waals surface area contributed by atoms with Gasteiger partial charge in [0, 0.05) is 13.0 Å². The molecule has 0 aromatic rings. The molecule has 0 bridgehead atoms. The second kappa shape index (κ2) is 1.94. The standard InChI is InChI=1S/C2H5NOPS/c6-5-2-1-4-3-5/h1-2H2,(H,3,6). The molecule has 1 aliphatic rings. The zero-order valence-electron chi connectivity index (χ0n) is 3.18. The molecule has 6 heavy (non-hydrogen) atoms. The average Bonchev–Trinajstić information content (AvgIpc) is 1.86. The third-order valence-corrected chi connectivity index (χ3v) is 2.26. The van der Waals surface area contributed by atoms with Gasteiger partial charge in [-0.1, -0.05) is 0 Å². The molecular formula is C2H5NOPS. The Kier molecular flexibility index (Phi) is 1.48. The summed E-state index contributed by atoms with van der Waals surface area (Å²) in [4.78, 5) is 4.73. The predicted octanol–water partition coefficient (Wildman–Crippen LogP) is 0.380. The molecule has 1 aliphatic heterocycles. The van der Waals surface area contributed by atoms with Crippen LogP contribution in [0.1, 0.15) is 0 Å². The first-order chi connectivity index (χ1) is 2.89. The number of hydrogen-bond donors (Lipinski definition) is 1. The summed E-state index contributed by atoms with van der Waals surface area (Å²) in [5.41, 5.74) is 0. The summed E-state index contributed by atoms with van der Waals surface area (Å²) >= 11 is 4.83. The smallest absolute Gasteiger partial charge is 0.0780 e. The lowest BCUT2D eigenvalue weighted by molar-refractivity contribution is 0.132. The topological polar surface area (TPSA) is 21.3 Å². The van der Waals surface area contributed by atoms with E-state index in [9.17, 15) is 0 Å². The second-order valence-corrected chi connectivity index (χ2v) is 3.75. The third kappa shape index (κ3) is 0.949. The van der Waals surface area contributed by atoms with Crippen LogP contribution in [0, 0.1) is 0 Å². The molecule has 1 heterocycles. The van der Waals surface area contributed by atoms with Crippen molar-refractivity contribution in [2.24, 2.45) is 0 Å². The summed E-state index contributed by atoms with van der Waals surface area (Å²) in [6.45, 7) is 0.447. The van der Waals surface area contributed by atoms with Crippen molar-refractivity contribution >= 4 is 18.7 Å². The molecule has 4 heteroatoms. The molecule has 35 valence electrons. The Morgan fingerprint density at radius 1 is 1.83 bits per heavy atom. The Labute approximate surface area is 42.3 Å². The van der Waals surface area contributed by atoms with Crippen molar-refractivity contribution in [1.82, 2.24) is 5.25 Å². The molecule has 1 radical (unpaired) electrons. The molecule has 0 spiro atoms. The van der Waals surface area contributed by atoms with Gasteiger partial charge in [0.2, 0.25) is 0 Å². The van der Waals surface area contributed by atoms with Crippen molar-refractivity contribution in [3.63, 3.8) is 0 Å². The summed E-state index contributed by atoms with van der Waals surface area (Å²) in [6, 6.07) is 0. The van der Waals surface area contributed by atoms with E-state index in [4.69, 9.17) is 16.6 Å². The predicted molar refractivity (Wildman–Crippen MR) is 28.2 cm³/mol. The normalized spacial score (nSPS) is 28.3. The van der Waals surface area contributed by atoms with Gasteiger partial charge in [-0.3, -0.25) is 4.84 Å². The summed E-state index contributed by atoms with van der Waals surface area (Å²) in [7, 11) is 0. The maximum absolute atomic E-state index is 4.83. The highest BCUT2D eigenvalue weighted by Crippen LogP contribution is 2.18. The van der Waals surface area contributed by atoms with Crippen LogP contribution in [0.25, 0.3) is 0 Å². The Morgan fingerprint density at radius 3 is 2.83 bits per heavy atom. The first kappa shape index (κ1) is 4.60. The van der Waals surface area contributed by atoms with E-state index < -0.39 is 0 Å². The van der Waals surface area contributed by atoms with Crippen molar-refractivity contribution < 1.29 is 4.84 Å². The SMILES string of the molecule is S=[P]1CCON1. The van der Waals surface area contributed by atoms with Gasteiger partial charge in [-0.05, 0) is 11.8 Å². The summed E-state index contributed by atoms with van der Waals surface area (Å²) in [6.07, 6.45) is 1.03. The highest BCUT2D eigenvalue weighted by atomic mass is 32.4. The Balaban J connectivity index is 2.37. The molecule has 1 unspecified atom stereocenters. The van der Waals surface area contributed by atoms with Crippen LogP contribution < -0.4 is 5.25 Å². The van der Waals surface area contributed by atoms with Crippen LogP contribution in [0.4, 0.5) is 0 Å². The van der Waals surface area contributed by atoms with Crippen LogP contribution in [0.3, 0.4) is 0 Å². The maximum Gasteiger partial charge on any atom is 0.0780 e. The molecule has 2 nitrogen and oxygen atoms in total. The van der Waals surface area contributed by atoms with Crippen LogP contribution in [-0.2, 0) is 16.6 Å². The molecule has 1 fully saturated rings. The van der Waals surface area contributed by atoms with Gasteiger partial charge in [0.25, 0.3) is 0 Å².